The average Bonchev–Trinajstić information content (AvgIpc) is 2.42. The van der Waals surface area contributed by atoms with Gasteiger partial charge >= 0.3 is 0 Å². The van der Waals surface area contributed by atoms with Crippen LogP contribution in [0.3, 0.4) is 0 Å². The molecule has 1 aliphatic carbocycles. The number of nitrogens with zero attached hydrogens (tertiary/aromatic N) is 1. The van der Waals surface area contributed by atoms with Crippen molar-refractivity contribution in [1.29, 1.82) is 0 Å². The molecule has 0 radical (unpaired) electrons. The van der Waals surface area contributed by atoms with Gasteiger partial charge in [0, 0.05) is 22.9 Å². The third-order valence-corrected chi connectivity index (χ3v) is 7.29. The zero-order valence-electron chi connectivity index (χ0n) is 12.6. The number of fused-ring (bicyclic) bond motifs is 1. The lowest BCUT2D eigenvalue weighted by atomic mass is 9.70. The fourth-order valence-electron chi connectivity index (χ4n) is 3.74. The van der Waals surface area contributed by atoms with Crippen molar-refractivity contribution in [3.63, 3.8) is 0 Å². The van der Waals surface area contributed by atoms with Gasteiger partial charge in [-0.05, 0) is 37.8 Å². The monoisotopic (exact) mass is 317 g/mol. The molecule has 2 aromatic rings. The average molecular weight is 317 g/mol. The van der Waals surface area contributed by atoms with Crippen molar-refractivity contribution in [1.82, 2.24) is 4.31 Å². The Labute approximate surface area is 130 Å². The van der Waals surface area contributed by atoms with Crippen LogP contribution < -0.4 is 4.74 Å². The highest BCUT2D eigenvalue weighted by Crippen LogP contribution is 2.50. The molecule has 22 heavy (non-hydrogen) atoms. The molecule has 0 N–H and O–H groups in total. The quantitative estimate of drug-likeness (QED) is 0.873. The molecule has 4 nitrogen and oxygen atoms in total. The van der Waals surface area contributed by atoms with Gasteiger partial charge in [-0.25, -0.2) is 8.42 Å². The number of benzene rings is 2. The van der Waals surface area contributed by atoms with Gasteiger partial charge in [-0.3, -0.25) is 0 Å². The first kappa shape index (κ1) is 14.0. The highest BCUT2D eigenvalue weighted by molar-refractivity contribution is 7.89. The van der Waals surface area contributed by atoms with E-state index in [4.69, 9.17) is 4.74 Å². The Morgan fingerprint density at radius 1 is 1.05 bits per heavy atom. The maximum atomic E-state index is 13.1. The van der Waals surface area contributed by atoms with Crippen LogP contribution in [-0.4, -0.2) is 31.9 Å². The first-order valence-corrected chi connectivity index (χ1v) is 9.11. The molecule has 0 atom stereocenters. The molecule has 1 saturated carbocycles. The van der Waals surface area contributed by atoms with Gasteiger partial charge in [0.1, 0.15) is 5.75 Å². The molecule has 5 heteroatoms. The minimum Gasteiger partial charge on any atom is -0.496 e. The summed E-state index contributed by atoms with van der Waals surface area (Å²) in [6, 6.07) is 11.0. The number of sulfonamides is 1. The van der Waals surface area contributed by atoms with Crippen molar-refractivity contribution in [2.24, 2.45) is 0 Å². The highest BCUT2D eigenvalue weighted by atomic mass is 32.2. The van der Waals surface area contributed by atoms with Gasteiger partial charge in [0.15, 0.2) is 0 Å². The second-order valence-corrected chi connectivity index (χ2v) is 8.05. The predicted octanol–water partition coefficient (Wildman–Crippen LogP) is 3.17. The van der Waals surface area contributed by atoms with E-state index in [2.05, 4.69) is 0 Å². The van der Waals surface area contributed by atoms with E-state index in [1.165, 1.54) is 0 Å². The number of rotatable bonds is 3. The van der Waals surface area contributed by atoms with Crippen LogP contribution >= 0.6 is 0 Å². The molecule has 2 aliphatic rings. The summed E-state index contributed by atoms with van der Waals surface area (Å²) in [7, 11) is -1.84. The number of hydrogen-bond acceptors (Lipinski definition) is 3. The minimum atomic E-state index is -3.44. The molecule has 1 saturated heterocycles. The number of ether oxygens (including phenoxy) is 1. The zero-order valence-corrected chi connectivity index (χ0v) is 13.4. The van der Waals surface area contributed by atoms with Gasteiger partial charge in [0.25, 0.3) is 0 Å². The molecule has 0 bridgehead atoms. The first-order chi connectivity index (χ1) is 10.6. The summed E-state index contributed by atoms with van der Waals surface area (Å²) in [6.45, 7) is 0.642. The maximum Gasteiger partial charge on any atom is 0.244 e. The normalized spacial score (nSPS) is 20.6. The zero-order chi connectivity index (χ0) is 15.4. The highest BCUT2D eigenvalue weighted by Gasteiger charge is 2.54. The fraction of sp³-hybridized carbons (Fsp3) is 0.412. The molecule has 1 heterocycles. The van der Waals surface area contributed by atoms with E-state index in [1.807, 2.05) is 24.3 Å². The Hall–Kier alpha value is -1.59. The predicted molar refractivity (Wildman–Crippen MR) is 85.6 cm³/mol. The lowest BCUT2D eigenvalue weighted by Crippen LogP contribution is -2.65. The van der Waals surface area contributed by atoms with Gasteiger partial charge in [0.2, 0.25) is 10.0 Å². The minimum absolute atomic E-state index is 0.0835. The van der Waals surface area contributed by atoms with Crippen LogP contribution in [-0.2, 0) is 10.0 Å². The Morgan fingerprint density at radius 2 is 1.77 bits per heavy atom. The summed E-state index contributed by atoms with van der Waals surface area (Å²) in [5, 5.41) is 1.58. The van der Waals surface area contributed by atoms with Crippen LogP contribution in [0.2, 0.25) is 0 Å². The topological polar surface area (TPSA) is 46.6 Å². The van der Waals surface area contributed by atoms with E-state index in [1.54, 1.807) is 23.5 Å². The van der Waals surface area contributed by atoms with Gasteiger partial charge in [0.05, 0.1) is 12.0 Å². The summed E-state index contributed by atoms with van der Waals surface area (Å²) >= 11 is 0. The summed E-state index contributed by atoms with van der Waals surface area (Å²) in [4.78, 5) is 0.398. The van der Waals surface area contributed by atoms with E-state index in [-0.39, 0.29) is 5.54 Å². The van der Waals surface area contributed by atoms with E-state index in [0.717, 1.165) is 36.5 Å². The third kappa shape index (κ3) is 1.75. The molecule has 116 valence electrons. The number of methoxy groups -OCH3 is 1. The lowest BCUT2D eigenvalue weighted by Gasteiger charge is -2.57. The van der Waals surface area contributed by atoms with Crippen LogP contribution in [0.25, 0.3) is 10.8 Å². The molecule has 2 fully saturated rings. The molecule has 0 aromatic heterocycles. The van der Waals surface area contributed by atoms with Crippen molar-refractivity contribution < 1.29 is 13.2 Å². The molecule has 4 rings (SSSR count). The van der Waals surface area contributed by atoms with Crippen LogP contribution in [0.4, 0.5) is 0 Å². The van der Waals surface area contributed by atoms with Gasteiger partial charge in [-0.15, -0.1) is 0 Å². The van der Waals surface area contributed by atoms with Gasteiger partial charge in [-0.1, -0.05) is 24.3 Å². The van der Waals surface area contributed by atoms with E-state index < -0.39 is 10.0 Å². The molecule has 0 unspecified atom stereocenters. The molecule has 1 aliphatic heterocycles. The Morgan fingerprint density at radius 3 is 2.32 bits per heavy atom. The molecular weight excluding hydrogens is 298 g/mol. The number of hydrogen-bond donors (Lipinski definition) is 0. The second kappa shape index (κ2) is 4.70. The first-order valence-electron chi connectivity index (χ1n) is 7.67. The second-order valence-electron chi connectivity index (χ2n) is 6.22. The molecule has 2 aromatic carbocycles. The summed E-state index contributed by atoms with van der Waals surface area (Å²) in [6.07, 6.45) is 4.14. The third-order valence-electron chi connectivity index (χ3n) is 5.23. The van der Waals surface area contributed by atoms with Gasteiger partial charge < -0.3 is 4.74 Å². The maximum absolute atomic E-state index is 13.1. The van der Waals surface area contributed by atoms with Crippen molar-refractivity contribution in [2.45, 2.75) is 36.1 Å². The standard InChI is InChI=1S/C17H19NO3S/c1-21-15-7-8-16(14-6-3-2-5-13(14)15)22(19,20)18-12-11-17(18)9-4-10-17/h2-3,5-8H,4,9-12H2,1H3. The largest absolute Gasteiger partial charge is 0.496 e. The summed E-state index contributed by atoms with van der Waals surface area (Å²) in [5.41, 5.74) is -0.0835. The molecular formula is C17H19NO3S. The Balaban J connectivity index is 1.87. The van der Waals surface area contributed by atoms with Crippen LogP contribution in [0.15, 0.2) is 41.3 Å². The van der Waals surface area contributed by atoms with Crippen LogP contribution in [0, 0.1) is 0 Å². The Kier molecular flexibility index (Phi) is 3.00. The van der Waals surface area contributed by atoms with E-state index in [0.29, 0.717) is 17.2 Å². The van der Waals surface area contributed by atoms with Crippen molar-refractivity contribution in [3.05, 3.63) is 36.4 Å². The lowest BCUT2D eigenvalue weighted by molar-refractivity contribution is -0.00289. The molecule has 1 spiro atoms. The van der Waals surface area contributed by atoms with Crippen LogP contribution in [0.5, 0.6) is 5.75 Å². The Bertz CT molecular complexity index is 835. The van der Waals surface area contributed by atoms with E-state index >= 15 is 0 Å². The SMILES string of the molecule is COc1ccc(S(=O)(=O)N2CCC23CCC3)c2ccccc12. The smallest absolute Gasteiger partial charge is 0.244 e. The van der Waals surface area contributed by atoms with Crippen molar-refractivity contribution >= 4 is 20.8 Å². The van der Waals surface area contributed by atoms with Crippen LogP contribution in [0.1, 0.15) is 25.7 Å². The fourth-order valence-corrected chi connectivity index (χ4v) is 5.79. The van der Waals surface area contributed by atoms with E-state index in [9.17, 15) is 8.42 Å². The summed E-state index contributed by atoms with van der Waals surface area (Å²) < 4.78 is 33.3. The molecule has 0 amide bonds. The summed E-state index contributed by atoms with van der Waals surface area (Å²) in [5.74, 6) is 0.705. The van der Waals surface area contributed by atoms with Crippen molar-refractivity contribution in [3.8, 4) is 5.75 Å². The van der Waals surface area contributed by atoms with Gasteiger partial charge in [-0.2, -0.15) is 4.31 Å². The van der Waals surface area contributed by atoms with Crippen molar-refractivity contribution in [2.75, 3.05) is 13.7 Å².